The Balaban J connectivity index is 3.07. The first-order chi connectivity index (χ1) is 6.19. The summed E-state index contributed by atoms with van der Waals surface area (Å²) in [6.07, 6.45) is 2.01. The number of benzene rings is 1. The van der Waals surface area contributed by atoms with Gasteiger partial charge in [0.1, 0.15) is 0 Å². The number of halogens is 1. The van der Waals surface area contributed by atoms with Gasteiger partial charge in [0.2, 0.25) is 0 Å². The molecule has 13 heavy (non-hydrogen) atoms. The van der Waals surface area contributed by atoms with Crippen LogP contribution in [0.4, 0.5) is 0 Å². The highest BCUT2D eigenvalue weighted by molar-refractivity contribution is 7.98. The van der Waals surface area contributed by atoms with Crippen LogP contribution >= 0.6 is 23.4 Å². The van der Waals surface area contributed by atoms with Gasteiger partial charge in [-0.25, -0.2) is 0 Å². The second-order valence-corrected chi connectivity index (χ2v) is 4.07. The minimum Gasteiger partial charge on any atom is -0.395 e. The van der Waals surface area contributed by atoms with E-state index in [1.807, 2.05) is 31.4 Å². The van der Waals surface area contributed by atoms with Gasteiger partial charge in [-0.1, -0.05) is 18.5 Å². The summed E-state index contributed by atoms with van der Waals surface area (Å²) in [5.41, 5.74) is 1.04. The molecule has 0 aliphatic heterocycles. The van der Waals surface area contributed by atoms with Gasteiger partial charge in [-0.2, -0.15) is 0 Å². The van der Waals surface area contributed by atoms with Crippen molar-refractivity contribution >= 4 is 23.4 Å². The number of hydrogen-bond donors (Lipinski definition) is 1. The average Bonchev–Trinajstić information content (AvgIpc) is 2.16. The molecular formula is C10H12ClOS. The van der Waals surface area contributed by atoms with Gasteiger partial charge < -0.3 is 5.11 Å². The lowest BCUT2D eigenvalue weighted by atomic mass is 10.0. The molecule has 0 spiro atoms. The Kier molecular flexibility index (Phi) is 4.10. The SMILES string of the molecule is CSc1ccc(Cl)cc1[C](C)CO. The molecule has 1 aromatic rings. The highest BCUT2D eigenvalue weighted by Crippen LogP contribution is 2.28. The third-order valence-corrected chi connectivity index (χ3v) is 2.89. The summed E-state index contributed by atoms with van der Waals surface area (Å²) in [7, 11) is 0. The van der Waals surface area contributed by atoms with Crippen molar-refractivity contribution < 1.29 is 5.11 Å². The van der Waals surface area contributed by atoms with E-state index in [4.69, 9.17) is 16.7 Å². The fraction of sp³-hybridized carbons (Fsp3) is 0.300. The molecule has 1 radical (unpaired) electrons. The molecule has 0 atom stereocenters. The maximum absolute atomic E-state index is 9.01. The van der Waals surface area contributed by atoms with Crippen LogP contribution < -0.4 is 0 Å². The molecule has 1 rings (SSSR count). The molecule has 1 N–H and O–H groups in total. The predicted molar refractivity (Wildman–Crippen MR) is 58.3 cm³/mol. The van der Waals surface area contributed by atoms with Crippen LogP contribution in [0.2, 0.25) is 5.02 Å². The normalized spacial score (nSPS) is 10.8. The van der Waals surface area contributed by atoms with Gasteiger partial charge in [0.25, 0.3) is 0 Å². The first kappa shape index (κ1) is 10.9. The zero-order valence-electron chi connectivity index (χ0n) is 7.67. The van der Waals surface area contributed by atoms with Crippen molar-refractivity contribution in [2.24, 2.45) is 0 Å². The number of hydrogen-bond acceptors (Lipinski definition) is 2. The number of aliphatic hydroxyl groups excluding tert-OH is 1. The molecule has 0 saturated carbocycles. The average molecular weight is 216 g/mol. The van der Waals surface area contributed by atoms with Crippen LogP contribution in [0.25, 0.3) is 0 Å². The Morgan fingerprint density at radius 1 is 1.54 bits per heavy atom. The summed E-state index contributed by atoms with van der Waals surface area (Å²) in [4.78, 5) is 1.15. The van der Waals surface area contributed by atoms with Gasteiger partial charge >= 0.3 is 0 Å². The Labute approximate surface area is 88.1 Å². The standard InChI is InChI=1S/C10H12ClOS/c1-7(6-12)9-5-8(11)3-4-10(9)13-2/h3-5,12H,6H2,1-2H3. The summed E-state index contributed by atoms with van der Waals surface area (Å²) < 4.78 is 0. The molecule has 0 aliphatic rings. The Hall–Kier alpha value is -0.180. The first-order valence-corrected chi connectivity index (χ1v) is 5.56. The highest BCUT2D eigenvalue weighted by atomic mass is 35.5. The van der Waals surface area contributed by atoms with E-state index in [2.05, 4.69) is 0 Å². The molecule has 0 amide bonds. The van der Waals surface area contributed by atoms with Crippen LogP contribution in [0.1, 0.15) is 12.5 Å². The maximum Gasteiger partial charge on any atom is 0.0535 e. The van der Waals surface area contributed by atoms with Crippen molar-refractivity contribution in [1.29, 1.82) is 0 Å². The van der Waals surface area contributed by atoms with Gasteiger partial charge in [0, 0.05) is 15.8 Å². The Bertz CT molecular complexity index is 288. The van der Waals surface area contributed by atoms with Crippen LogP contribution in [0, 0.1) is 5.92 Å². The zero-order chi connectivity index (χ0) is 9.84. The van der Waals surface area contributed by atoms with Crippen LogP contribution in [0.3, 0.4) is 0 Å². The minimum atomic E-state index is 0.0773. The highest BCUT2D eigenvalue weighted by Gasteiger charge is 2.10. The van der Waals surface area contributed by atoms with Crippen molar-refractivity contribution in [3.63, 3.8) is 0 Å². The van der Waals surface area contributed by atoms with E-state index in [0.29, 0.717) is 5.02 Å². The molecule has 71 valence electrons. The second kappa shape index (κ2) is 4.89. The van der Waals surface area contributed by atoms with E-state index in [0.717, 1.165) is 16.4 Å². The molecule has 0 aromatic heterocycles. The van der Waals surface area contributed by atoms with Gasteiger partial charge in [-0.3, -0.25) is 0 Å². The zero-order valence-corrected chi connectivity index (χ0v) is 9.25. The van der Waals surface area contributed by atoms with Crippen molar-refractivity contribution in [1.82, 2.24) is 0 Å². The molecule has 1 nitrogen and oxygen atoms in total. The van der Waals surface area contributed by atoms with Crippen LogP contribution in [0.15, 0.2) is 23.1 Å². The number of rotatable bonds is 3. The second-order valence-electron chi connectivity index (χ2n) is 2.78. The van der Waals surface area contributed by atoms with Crippen LogP contribution in [-0.2, 0) is 0 Å². The van der Waals surface area contributed by atoms with E-state index in [9.17, 15) is 0 Å². The van der Waals surface area contributed by atoms with E-state index in [1.54, 1.807) is 11.8 Å². The van der Waals surface area contributed by atoms with Crippen molar-refractivity contribution in [2.45, 2.75) is 11.8 Å². The number of aliphatic hydroxyl groups is 1. The largest absolute Gasteiger partial charge is 0.395 e. The van der Waals surface area contributed by atoms with Gasteiger partial charge in [-0.15, -0.1) is 11.8 Å². The lowest BCUT2D eigenvalue weighted by Crippen LogP contribution is -2.01. The summed E-state index contributed by atoms with van der Waals surface area (Å²) in [6, 6.07) is 5.72. The fourth-order valence-electron chi connectivity index (χ4n) is 1.10. The minimum absolute atomic E-state index is 0.0773. The van der Waals surface area contributed by atoms with E-state index < -0.39 is 0 Å². The molecule has 1 aromatic carbocycles. The van der Waals surface area contributed by atoms with E-state index in [1.165, 1.54) is 0 Å². The van der Waals surface area contributed by atoms with Crippen molar-refractivity contribution in [2.75, 3.05) is 12.9 Å². The molecule has 0 aliphatic carbocycles. The molecule has 0 unspecified atom stereocenters. The molecule has 0 heterocycles. The summed E-state index contributed by atoms with van der Waals surface area (Å²) >= 11 is 7.53. The molecule has 0 saturated heterocycles. The van der Waals surface area contributed by atoms with E-state index >= 15 is 0 Å². The van der Waals surface area contributed by atoms with Crippen molar-refractivity contribution in [3.05, 3.63) is 34.7 Å². The van der Waals surface area contributed by atoms with Crippen LogP contribution in [0.5, 0.6) is 0 Å². The maximum atomic E-state index is 9.01. The quantitative estimate of drug-likeness (QED) is 0.783. The third kappa shape index (κ3) is 2.63. The van der Waals surface area contributed by atoms with E-state index in [-0.39, 0.29) is 6.61 Å². The smallest absolute Gasteiger partial charge is 0.0535 e. The topological polar surface area (TPSA) is 20.2 Å². The molecule has 0 bridgehead atoms. The summed E-state index contributed by atoms with van der Waals surface area (Å²) in [5, 5.41) is 9.72. The summed E-state index contributed by atoms with van der Waals surface area (Å²) in [6.45, 7) is 1.99. The molecule has 0 fully saturated rings. The Morgan fingerprint density at radius 3 is 2.77 bits per heavy atom. The predicted octanol–water partition coefficient (Wildman–Crippen LogP) is 3.00. The third-order valence-electron chi connectivity index (χ3n) is 1.86. The molecular weight excluding hydrogens is 204 g/mol. The first-order valence-electron chi connectivity index (χ1n) is 3.96. The lowest BCUT2D eigenvalue weighted by Gasteiger charge is -2.12. The fourth-order valence-corrected chi connectivity index (χ4v) is 1.93. The monoisotopic (exact) mass is 215 g/mol. The van der Waals surface area contributed by atoms with Crippen LogP contribution in [-0.4, -0.2) is 18.0 Å². The lowest BCUT2D eigenvalue weighted by molar-refractivity contribution is 0.314. The van der Waals surface area contributed by atoms with Gasteiger partial charge in [0.05, 0.1) is 6.61 Å². The van der Waals surface area contributed by atoms with Gasteiger partial charge in [-0.05, 0) is 30.0 Å². The molecule has 3 heteroatoms. The Morgan fingerprint density at radius 2 is 2.23 bits per heavy atom. The number of thioether (sulfide) groups is 1. The van der Waals surface area contributed by atoms with Gasteiger partial charge in [0.15, 0.2) is 0 Å². The summed E-state index contributed by atoms with van der Waals surface area (Å²) in [5.74, 6) is 0.951. The van der Waals surface area contributed by atoms with Crippen molar-refractivity contribution in [3.8, 4) is 0 Å².